The summed E-state index contributed by atoms with van der Waals surface area (Å²) in [5, 5.41) is 0.999. The van der Waals surface area contributed by atoms with E-state index >= 15 is 0 Å². The SMILES string of the molecule is CCOc1cccc(CBr)c1OCc1ccc(Cl)cc1F. The Labute approximate surface area is 137 Å². The number of alkyl halides is 1. The summed E-state index contributed by atoms with van der Waals surface area (Å²) in [7, 11) is 0. The van der Waals surface area contributed by atoms with Crippen LogP contribution in [0.3, 0.4) is 0 Å². The van der Waals surface area contributed by atoms with Crippen molar-refractivity contribution in [2.24, 2.45) is 0 Å². The van der Waals surface area contributed by atoms with E-state index in [0.717, 1.165) is 5.56 Å². The third kappa shape index (κ3) is 4.11. The average Bonchev–Trinajstić information content (AvgIpc) is 2.47. The van der Waals surface area contributed by atoms with Crippen LogP contribution in [0.1, 0.15) is 18.1 Å². The maximum absolute atomic E-state index is 13.8. The average molecular weight is 374 g/mol. The molecule has 112 valence electrons. The van der Waals surface area contributed by atoms with Gasteiger partial charge in [0.15, 0.2) is 11.5 Å². The molecule has 0 amide bonds. The first kappa shape index (κ1) is 16.1. The summed E-state index contributed by atoms with van der Waals surface area (Å²) >= 11 is 9.16. The number of rotatable bonds is 6. The van der Waals surface area contributed by atoms with Crippen molar-refractivity contribution in [3.05, 3.63) is 58.4 Å². The van der Waals surface area contributed by atoms with Gasteiger partial charge in [-0.3, -0.25) is 0 Å². The Kier molecular flexibility index (Phi) is 5.88. The van der Waals surface area contributed by atoms with Crippen LogP contribution in [0.15, 0.2) is 36.4 Å². The van der Waals surface area contributed by atoms with Crippen molar-refractivity contribution in [2.45, 2.75) is 18.9 Å². The quantitative estimate of drug-likeness (QED) is 0.635. The van der Waals surface area contributed by atoms with Gasteiger partial charge in [0.2, 0.25) is 0 Å². The normalized spacial score (nSPS) is 10.5. The highest BCUT2D eigenvalue weighted by molar-refractivity contribution is 9.08. The summed E-state index contributed by atoms with van der Waals surface area (Å²) in [5.41, 5.74) is 1.40. The lowest BCUT2D eigenvalue weighted by atomic mass is 10.2. The van der Waals surface area contributed by atoms with Crippen molar-refractivity contribution >= 4 is 27.5 Å². The zero-order chi connectivity index (χ0) is 15.2. The molecule has 5 heteroatoms. The maximum Gasteiger partial charge on any atom is 0.165 e. The predicted octanol–water partition coefficient (Wildman–Crippen LogP) is 5.35. The third-order valence-corrected chi connectivity index (χ3v) is 3.73. The van der Waals surface area contributed by atoms with Crippen LogP contribution in [0.25, 0.3) is 0 Å². The molecule has 2 rings (SSSR count). The molecule has 0 aliphatic heterocycles. The van der Waals surface area contributed by atoms with Gasteiger partial charge in [0.25, 0.3) is 0 Å². The van der Waals surface area contributed by atoms with E-state index in [2.05, 4.69) is 15.9 Å². The molecule has 0 unspecified atom stereocenters. The summed E-state index contributed by atoms with van der Waals surface area (Å²) in [4.78, 5) is 0. The van der Waals surface area contributed by atoms with Gasteiger partial charge < -0.3 is 9.47 Å². The summed E-state index contributed by atoms with van der Waals surface area (Å²) in [6.07, 6.45) is 0. The molecule has 0 spiro atoms. The summed E-state index contributed by atoms with van der Waals surface area (Å²) in [6.45, 7) is 2.56. The van der Waals surface area contributed by atoms with Gasteiger partial charge in [-0.15, -0.1) is 0 Å². The largest absolute Gasteiger partial charge is 0.490 e. The molecule has 0 bridgehead atoms. The molecular weight excluding hydrogens is 359 g/mol. The van der Waals surface area contributed by atoms with E-state index in [0.29, 0.717) is 34.0 Å². The van der Waals surface area contributed by atoms with Gasteiger partial charge in [0.05, 0.1) is 6.61 Å². The van der Waals surface area contributed by atoms with Gasteiger partial charge >= 0.3 is 0 Å². The van der Waals surface area contributed by atoms with E-state index in [1.807, 2.05) is 25.1 Å². The second-order valence-electron chi connectivity index (χ2n) is 4.34. The van der Waals surface area contributed by atoms with Crippen molar-refractivity contribution in [3.63, 3.8) is 0 Å². The van der Waals surface area contributed by atoms with Crippen LogP contribution in [-0.4, -0.2) is 6.61 Å². The molecule has 0 aromatic heterocycles. The van der Waals surface area contributed by atoms with Crippen LogP contribution in [0.4, 0.5) is 4.39 Å². The smallest absolute Gasteiger partial charge is 0.165 e. The molecule has 0 aliphatic rings. The highest BCUT2D eigenvalue weighted by Crippen LogP contribution is 2.33. The zero-order valence-corrected chi connectivity index (χ0v) is 13.9. The molecule has 0 radical (unpaired) electrons. The number of halogens is 3. The lowest BCUT2D eigenvalue weighted by Crippen LogP contribution is -2.03. The monoisotopic (exact) mass is 372 g/mol. The van der Waals surface area contributed by atoms with E-state index in [1.54, 1.807) is 12.1 Å². The molecule has 2 nitrogen and oxygen atoms in total. The highest BCUT2D eigenvalue weighted by atomic mass is 79.9. The molecule has 0 saturated carbocycles. The van der Waals surface area contributed by atoms with Crippen molar-refractivity contribution < 1.29 is 13.9 Å². The summed E-state index contributed by atoms with van der Waals surface area (Å²) < 4.78 is 25.1. The van der Waals surface area contributed by atoms with Crippen molar-refractivity contribution in [1.29, 1.82) is 0 Å². The fourth-order valence-electron chi connectivity index (χ4n) is 1.89. The van der Waals surface area contributed by atoms with Crippen LogP contribution in [-0.2, 0) is 11.9 Å². The fourth-order valence-corrected chi connectivity index (χ4v) is 2.49. The molecule has 2 aromatic rings. The minimum absolute atomic E-state index is 0.118. The molecule has 0 atom stereocenters. The molecule has 0 heterocycles. The maximum atomic E-state index is 13.8. The second kappa shape index (κ2) is 7.66. The van der Waals surface area contributed by atoms with E-state index < -0.39 is 0 Å². The molecule has 2 aromatic carbocycles. The number of hydrogen-bond donors (Lipinski definition) is 0. The summed E-state index contributed by atoms with van der Waals surface area (Å²) in [5.74, 6) is 0.908. The highest BCUT2D eigenvalue weighted by Gasteiger charge is 2.12. The minimum atomic E-state index is -0.378. The van der Waals surface area contributed by atoms with E-state index in [1.165, 1.54) is 6.07 Å². The molecule has 0 saturated heterocycles. The first-order valence-corrected chi connectivity index (χ1v) is 8.03. The number of hydrogen-bond acceptors (Lipinski definition) is 2. The lowest BCUT2D eigenvalue weighted by Gasteiger charge is -2.15. The lowest BCUT2D eigenvalue weighted by molar-refractivity contribution is 0.264. The fraction of sp³-hybridized carbons (Fsp3) is 0.250. The molecule has 0 fully saturated rings. The number of ether oxygens (including phenoxy) is 2. The Morgan fingerprint density at radius 2 is 1.95 bits per heavy atom. The van der Waals surface area contributed by atoms with Gasteiger partial charge in [-0.2, -0.15) is 0 Å². The number of para-hydroxylation sites is 1. The van der Waals surface area contributed by atoms with E-state index in [4.69, 9.17) is 21.1 Å². The topological polar surface area (TPSA) is 18.5 Å². The van der Waals surface area contributed by atoms with Gasteiger partial charge in [0.1, 0.15) is 12.4 Å². The van der Waals surface area contributed by atoms with Crippen LogP contribution >= 0.6 is 27.5 Å². The Morgan fingerprint density at radius 3 is 2.62 bits per heavy atom. The van der Waals surface area contributed by atoms with Crippen molar-refractivity contribution in [3.8, 4) is 11.5 Å². The van der Waals surface area contributed by atoms with Gasteiger partial charge in [-0.1, -0.05) is 45.7 Å². The van der Waals surface area contributed by atoms with Gasteiger partial charge in [0, 0.05) is 21.5 Å². The van der Waals surface area contributed by atoms with Crippen molar-refractivity contribution in [2.75, 3.05) is 6.61 Å². The summed E-state index contributed by atoms with van der Waals surface area (Å²) in [6, 6.07) is 10.2. The number of benzene rings is 2. The Hall–Kier alpha value is -1.26. The molecule has 0 N–H and O–H groups in total. The Morgan fingerprint density at radius 1 is 1.14 bits per heavy atom. The van der Waals surface area contributed by atoms with Crippen LogP contribution in [0.5, 0.6) is 11.5 Å². The minimum Gasteiger partial charge on any atom is -0.490 e. The Bertz CT molecular complexity index is 619. The first-order valence-electron chi connectivity index (χ1n) is 6.53. The van der Waals surface area contributed by atoms with Crippen LogP contribution in [0, 0.1) is 5.82 Å². The van der Waals surface area contributed by atoms with Crippen LogP contribution < -0.4 is 9.47 Å². The van der Waals surface area contributed by atoms with E-state index in [9.17, 15) is 4.39 Å². The van der Waals surface area contributed by atoms with Gasteiger partial charge in [-0.05, 0) is 25.1 Å². The predicted molar refractivity (Wildman–Crippen MR) is 86.0 cm³/mol. The zero-order valence-electron chi connectivity index (χ0n) is 11.5. The van der Waals surface area contributed by atoms with Gasteiger partial charge in [-0.25, -0.2) is 4.39 Å². The third-order valence-electron chi connectivity index (χ3n) is 2.89. The first-order chi connectivity index (χ1) is 10.2. The van der Waals surface area contributed by atoms with E-state index in [-0.39, 0.29) is 12.4 Å². The van der Waals surface area contributed by atoms with Crippen molar-refractivity contribution in [1.82, 2.24) is 0 Å². The molecule has 0 aliphatic carbocycles. The molecular formula is C16H15BrClFO2. The van der Waals surface area contributed by atoms with Crippen LogP contribution in [0.2, 0.25) is 5.02 Å². The molecule has 21 heavy (non-hydrogen) atoms. The second-order valence-corrected chi connectivity index (χ2v) is 5.33. The standard InChI is InChI=1S/C16H15BrClFO2/c1-2-20-15-5-3-4-11(9-17)16(15)21-10-12-6-7-13(18)8-14(12)19/h3-8H,2,9-10H2,1H3. The Balaban J connectivity index is 2.22.